The fraction of sp³-hybridized carbons (Fsp3) is 0.286. The molecule has 30 heavy (non-hydrogen) atoms. The molecule has 2 rings (SSSR count). The molecule has 0 saturated carbocycles. The third-order valence-corrected chi connectivity index (χ3v) is 4.91. The van der Waals surface area contributed by atoms with Gasteiger partial charge in [-0.25, -0.2) is 0 Å². The monoisotopic (exact) mass is 511 g/mol. The van der Waals surface area contributed by atoms with E-state index in [0.717, 1.165) is 16.5 Å². The normalized spacial score (nSPS) is 10.4. The highest BCUT2D eigenvalue weighted by molar-refractivity contribution is 9.10. The number of nitrogens with one attached hydrogen (secondary N) is 3. The van der Waals surface area contributed by atoms with Gasteiger partial charge in [0.25, 0.3) is 5.91 Å². The highest BCUT2D eigenvalue weighted by Crippen LogP contribution is 2.23. The van der Waals surface area contributed by atoms with E-state index in [1.165, 1.54) is 0 Å². The van der Waals surface area contributed by atoms with E-state index in [4.69, 9.17) is 28.6 Å². The quantitative estimate of drug-likeness (QED) is 0.378. The molecule has 160 valence electrons. The van der Waals surface area contributed by atoms with Gasteiger partial charge in [-0.2, -0.15) is 0 Å². The number of carbonyl (C=O) groups excluding carboxylic acids is 2. The summed E-state index contributed by atoms with van der Waals surface area (Å²) in [4.78, 5) is 24.7. The molecular weight excluding hydrogens is 490 g/mol. The molecular formula is C21H23BrClN3O3S. The Morgan fingerprint density at radius 2 is 1.83 bits per heavy atom. The van der Waals surface area contributed by atoms with Crippen molar-refractivity contribution in [2.45, 2.75) is 26.7 Å². The van der Waals surface area contributed by atoms with Gasteiger partial charge >= 0.3 is 0 Å². The third kappa shape index (κ3) is 8.30. The van der Waals surface area contributed by atoms with Crippen molar-refractivity contribution < 1.29 is 14.3 Å². The third-order valence-electron chi connectivity index (χ3n) is 3.96. The van der Waals surface area contributed by atoms with Crippen LogP contribution in [-0.4, -0.2) is 23.5 Å². The van der Waals surface area contributed by atoms with Gasteiger partial charge in [0.2, 0.25) is 5.91 Å². The molecule has 0 unspecified atom stereocenters. The van der Waals surface area contributed by atoms with Crippen molar-refractivity contribution in [3.63, 3.8) is 0 Å². The van der Waals surface area contributed by atoms with Crippen LogP contribution >= 0.6 is 39.7 Å². The van der Waals surface area contributed by atoms with Crippen LogP contribution in [0.1, 0.15) is 36.2 Å². The first-order valence-corrected chi connectivity index (χ1v) is 10.9. The Kier molecular flexibility index (Phi) is 9.55. The maximum Gasteiger partial charge on any atom is 0.261 e. The van der Waals surface area contributed by atoms with Crippen molar-refractivity contribution in [1.29, 1.82) is 0 Å². The number of ether oxygens (including phenoxy) is 1. The minimum absolute atomic E-state index is 0.0300. The van der Waals surface area contributed by atoms with Crippen molar-refractivity contribution >= 4 is 56.7 Å². The summed E-state index contributed by atoms with van der Waals surface area (Å²) >= 11 is 14.3. The molecule has 0 saturated heterocycles. The molecule has 0 radical (unpaired) electrons. The van der Waals surface area contributed by atoms with Crippen molar-refractivity contribution in [3.05, 3.63) is 63.1 Å². The summed E-state index contributed by atoms with van der Waals surface area (Å²) in [5, 5.41) is 3.11. The number of halogens is 2. The van der Waals surface area contributed by atoms with E-state index in [1.54, 1.807) is 42.5 Å². The molecule has 2 amide bonds. The second kappa shape index (κ2) is 11.9. The zero-order valence-corrected chi connectivity index (χ0v) is 19.8. The van der Waals surface area contributed by atoms with Gasteiger partial charge in [0.05, 0.1) is 18.6 Å². The topological polar surface area (TPSA) is 79.5 Å². The van der Waals surface area contributed by atoms with Crippen molar-refractivity contribution in [2.75, 3.05) is 6.61 Å². The number of thiocarbonyl (C=S) groups is 1. The molecule has 2 aromatic carbocycles. The average Bonchev–Trinajstić information content (AvgIpc) is 2.69. The van der Waals surface area contributed by atoms with Gasteiger partial charge in [0.15, 0.2) is 5.11 Å². The Bertz CT molecular complexity index is 907. The van der Waals surface area contributed by atoms with E-state index in [2.05, 4.69) is 45.9 Å². The lowest BCUT2D eigenvalue weighted by Crippen LogP contribution is -2.48. The minimum atomic E-state index is -0.444. The van der Waals surface area contributed by atoms with E-state index in [-0.39, 0.29) is 17.4 Å². The van der Waals surface area contributed by atoms with E-state index >= 15 is 0 Å². The number of hydrogen-bond donors (Lipinski definition) is 3. The number of hydrazine groups is 1. The largest absolute Gasteiger partial charge is 0.493 e. The van der Waals surface area contributed by atoms with Crippen LogP contribution in [0.4, 0.5) is 0 Å². The van der Waals surface area contributed by atoms with Crippen molar-refractivity contribution in [3.8, 4) is 5.75 Å². The Morgan fingerprint density at radius 1 is 1.13 bits per heavy atom. The Morgan fingerprint density at radius 3 is 2.50 bits per heavy atom. The van der Waals surface area contributed by atoms with Gasteiger partial charge in [-0.3, -0.25) is 25.8 Å². The highest BCUT2D eigenvalue weighted by atomic mass is 79.9. The van der Waals surface area contributed by atoms with E-state index in [1.807, 2.05) is 0 Å². The second-order valence-corrected chi connectivity index (χ2v) is 8.69. The Hall–Kier alpha value is -2.16. The summed E-state index contributed by atoms with van der Waals surface area (Å²) in [6, 6.07) is 12.1. The van der Waals surface area contributed by atoms with Crippen LogP contribution in [0.5, 0.6) is 5.75 Å². The van der Waals surface area contributed by atoms with E-state index in [0.29, 0.717) is 28.9 Å². The highest BCUT2D eigenvalue weighted by Gasteiger charge is 2.15. The van der Waals surface area contributed by atoms with Crippen LogP contribution in [0, 0.1) is 5.92 Å². The van der Waals surface area contributed by atoms with E-state index < -0.39 is 5.91 Å². The minimum Gasteiger partial charge on any atom is -0.493 e. The van der Waals surface area contributed by atoms with Crippen LogP contribution in [0.15, 0.2) is 46.9 Å². The molecule has 0 spiro atoms. The van der Waals surface area contributed by atoms with Crippen LogP contribution in [0.25, 0.3) is 0 Å². The van der Waals surface area contributed by atoms with Gasteiger partial charge in [-0.15, -0.1) is 0 Å². The van der Waals surface area contributed by atoms with E-state index in [9.17, 15) is 9.59 Å². The first kappa shape index (κ1) is 24.1. The van der Waals surface area contributed by atoms with Gasteiger partial charge < -0.3 is 4.74 Å². The molecule has 2 aromatic rings. The van der Waals surface area contributed by atoms with Crippen LogP contribution in [-0.2, 0) is 11.2 Å². The molecule has 0 aromatic heterocycles. The number of amides is 2. The van der Waals surface area contributed by atoms with Gasteiger partial charge in [0, 0.05) is 9.50 Å². The molecule has 0 bridgehead atoms. The number of carbonyl (C=O) groups is 2. The molecule has 9 heteroatoms. The van der Waals surface area contributed by atoms with Crippen LogP contribution < -0.4 is 20.9 Å². The second-order valence-electron chi connectivity index (χ2n) is 6.93. The van der Waals surface area contributed by atoms with Crippen LogP contribution in [0.2, 0.25) is 5.02 Å². The van der Waals surface area contributed by atoms with Gasteiger partial charge in [0.1, 0.15) is 5.75 Å². The van der Waals surface area contributed by atoms with Gasteiger partial charge in [-0.1, -0.05) is 53.5 Å². The Labute approximate surface area is 194 Å². The summed E-state index contributed by atoms with van der Waals surface area (Å²) in [5.74, 6) is 0.200. The molecule has 0 aliphatic heterocycles. The predicted octanol–water partition coefficient (Wildman–Crippen LogP) is 4.41. The first-order valence-electron chi connectivity index (χ1n) is 9.31. The lowest BCUT2D eigenvalue weighted by atomic mass is 10.1. The summed E-state index contributed by atoms with van der Waals surface area (Å²) in [6.45, 7) is 4.71. The SMILES string of the molecule is CC(C)CCOc1ccc(Br)cc1C(=O)NC(=S)NNC(=O)Cc1ccc(Cl)cc1. The van der Waals surface area contributed by atoms with Gasteiger partial charge in [-0.05, 0) is 60.5 Å². The summed E-state index contributed by atoms with van der Waals surface area (Å²) < 4.78 is 6.49. The number of rotatable bonds is 7. The molecule has 0 heterocycles. The zero-order chi connectivity index (χ0) is 22.1. The molecule has 0 aliphatic rings. The van der Waals surface area contributed by atoms with Crippen molar-refractivity contribution in [1.82, 2.24) is 16.2 Å². The molecule has 0 fully saturated rings. The fourth-order valence-electron chi connectivity index (χ4n) is 2.37. The van der Waals surface area contributed by atoms with Crippen molar-refractivity contribution in [2.24, 2.45) is 5.92 Å². The lowest BCUT2D eigenvalue weighted by molar-refractivity contribution is -0.121. The standard InChI is InChI=1S/C21H23BrClN3O3S/c1-13(2)9-10-29-18-8-5-15(22)12-17(18)20(28)24-21(30)26-25-19(27)11-14-3-6-16(23)7-4-14/h3-8,12-13H,9-11H2,1-2H3,(H,25,27)(H2,24,26,28,30). The fourth-order valence-corrected chi connectivity index (χ4v) is 3.00. The maximum absolute atomic E-state index is 12.6. The zero-order valence-electron chi connectivity index (χ0n) is 16.6. The molecule has 0 aliphatic carbocycles. The number of hydrogen-bond acceptors (Lipinski definition) is 4. The molecule has 0 atom stereocenters. The summed E-state index contributed by atoms with van der Waals surface area (Å²) in [7, 11) is 0. The van der Waals surface area contributed by atoms with Crippen LogP contribution in [0.3, 0.4) is 0 Å². The molecule has 6 nitrogen and oxygen atoms in total. The number of benzene rings is 2. The lowest BCUT2D eigenvalue weighted by Gasteiger charge is -2.14. The maximum atomic E-state index is 12.6. The predicted molar refractivity (Wildman–Crippen MR) is 126 cm³/mol. The summed E-state index contributed by atoms with van der Waals surface area (Å²) in [6.07, 6.45) is 1.01. The smallest absolute Gasteiger partial charge is 0.261 e. The average molecular weight is 513 g/mol. The first-order chi connectivity index (χ1) is 14.2. The summed E-state index contributed by atoms with van der Waals surface area (Å²) in [5.41, 5.74) is 6.12. The molecule has 3 N–H and O–H groups in total. The Balaban J connectivity index is 1.88.